The van der Waals surface area contributed by atoms with E-state index in [1.165, 1.54) is 22.3 Å². The van der Waals surface area contributed by atoms with Gasteiger partial charge in [-0.3, -0.25) is 0 Å². The summed E-state index contributed by atoms with van der Waals surface area (Å²) >= 11 is 0. The minimum Gasteiger partial charge on any atom is -0.508 e. The number of hydrogen-bond acceptors (Lipinski definition) is 2. The quantitative estimate of drug-likeness (QED) is 0.878. The van der Waals surface area contributed by atoms with Crippen molar-refractivity contribution in [3.8, 4) is 11.5 Å². The highest BCUT2D eigenvalue weighted by Gasteiger charge is 2.12. The highest BCUT2D eigenvalue weighted by Crippen LogP contribution is 2.32. The number of ether oxygens (including phenoxy) is 1. The summed E-state index contributed by atoms with van der Waals surface area (Å²) < 4.78 is 5.26. The molecule has 0 saturated carbocycles. The fraction of sp³-hybridized carbons (Fsp3) is 0.176. The third kappa shape index (κ3) is 2.34. The largest absolute Gasteiger partial charge is 0.508 e. The lowest BCUT2D eigenvalue weighted by Crippen LogP contribution is -1.99. The smallest absolute Gasteiger partial charge is 0.119 e. The molecule has 0 fully saturated rings. The average Bonchev–Trinajstić information content (AvgIpc) is 2.47. The van der Waals surface area contributed by atoms with Gasteiger partial charge in [0.15, 0.2) is 0 Å². The zero-order valence-electron chi connectivity index (χ0n) is 10.9. The van der Waals surface area contributed by atoms with Gasteiger partial charge in [0, 0.05) is 0 Å². The van der Waals surface area contributed by atoms with Crippen LogP contribution in [0.5, 0.6) is 11.5 Å². The van der Waals surface area contributed by atoms with Crippen molar-refractivity contribution in [3.05, 3.63) is 59.2 Å². The van der Waals surface area contributed by atoms with Crippen LogP contribution in [0.25, 0.3) is 11.6 Å². The standard InChI is InChI=1S/C17H16O2/c1-19-17-9-6-14-10-13(2-3-15(14)11-17)12-4-7-16(18)8-5-12/h4-11,18H,2-3H2,1H3. The van der Waals surface area contributed by atoms with Crippen molar-refractivity contribution in [3.63, 3.8) is 0 Å². The summed E-state index contributed by atoms with van der Waals surface area (Å²) in [7, 11) is 1.70. The third-order valence-electron chi connectivity index (χ3n) is 3.58. The summed E-state index contributed by atoms with van der Waals surface area (Å²) in [5.41, 5.74) is 5.09. The first-order chi connectivity index (χ1) is 9.26. The zero-order chi connectivity index (χ0) is 13.2. The van der Waals surface area contributed by atoms with Gasteiger partial charge in [-0.25, -0.2) is 0 Å². The lowest BCUT2D eigenvalue weighted by Gasteiger charge is -2.17. The van der Waals surface area contributed by atoms with Gasteiger partial charge in [0.2, 0.25) is 0 Å². The predicted molar refractivity (Wildman–Crippen MR) is 77.3 cm³/mol. The Morgan fingerprint density at radius 3 is 2.53 bits per heavy atom. The molecule has 0 aromatic heterocycles. The molecule has 0 unspecified atom stereocenters. The highest BCUT2D eigenvalue weighted by molar-refractivity contribution is 5.84. The van der Waals surface area contributed by atoms with E-state index < -0.39 is 0 Å². The first kappa shape index (κ1) is 11.8. The fourth-order valence-corrected chi connectivity index (χ4v) is 2.50. The van der Waals surface area contributed by atoms with Crippen LogP contribution < -0.4 is 4.74 Å². The summed E-state index contributed by atoms with van der Waals surface area (Å²) in [4.78, 5) is 0. The summed E-state index contributed by atoms with van der Waals surface area (Å²) in [5, 5.41) is 9.34. The van der Waals surface area contributed by atoms with Crippen molar-refractivity contribution in [2.75, 3.05) is 7.11 Å². The SMILES string of the molecule is COc1ccc2c(c1)CCC(c1ccc(O)cc1)=C2. The Bertz CT molecular complexity index is 624. The first-order valence-corrected chi connectivity index (χ1v) is 6.43. The van der Waals surface area contributed by atoms with Gasteiger partial charge in [-0.2, -0.15) is 0 Å². The number of fused-ring (bicyclic) bond motifs is 1. The molecule has 2 heteroatoms. The van der Waals surface area contributed by atoms with Crippen molar-refractivity contribution in [1.29, 1.82) is 0 Å². The van der Waals surface area contributed by atoms with Crippen LogP contribution in [0.4, 0.5) is 0 Å². The summed E-state index contributed by atoms with van der Waals surface area (Å²) in [5.74, 6) is 1.23. The number of aryl methyl sites for hydroxylation is 1. The maximum absolute atomic E-state index is 9.34. The van der Waals surface area contributed by atoms with Crippen LogP contribution in [0.15, 0.2) is 42.5 Å². The van der Waals surface area contributed by atoms with Crippen molar-refractivity contribution >= 4 is 11.6 Å². The van der Waals surface area contributed by atoms with Crippen LogP contribution in [-0.4, -0.2) is 12.2 Å². The number of methoxy groups -OCH3 is 1. The van der Waals surface area contributed by atoms with Crippen LogP contribution in [0.2, 0.25) is 0 Å². The summed E-state index contributed by atoms with van der Waals surface area (Å²) in [6, 6.07) is 13.6. The van der Waals surface area contributed by atoms with Gasteiger partial charge in [-0.05, 0) is 59.4 Å². The van der Waals surface area contributed by atoms with Gasteiger partial charge in [-0.15, -0.1) is 0 Å². The highest BCUT2D eigenvalue weighted by atomic mass is 16.5. The number of allylic oxidation sites excluding steroid dienone is 1. The van der Waals surface area contributed by atoms with Gasteiger partial charge in [0.1, 0.15) is 11.5 Å². The fourth-order valence-electron chi connectivity index (χ4n) is 2.50. The van der Waals surface area contributed by atoms with E-state index >= 15 is 0 Å². The average molecular weight is 252 g/mol. The molecule has 0 saturated heterocycles. The molecule has 1 aliphatic carbocycles. The Morgan fingerprint density at radius 2 is 1.79 bits per heavy atom. The number of aromatic hydroxyl groups is 1. The first-order valence-electron chi connectivity index (χ1n) is 6.43. The van der Waals surface area contributed by atoms with E-state index in [2.05, 4.69) is 18.2 Å². The number of benzene rings is 2. The molecule has 0 spiro atoms. The Labute approximate surface area is 113 Å². The number of phenols is 1. The van der Waals surface area contributed by atoms with E-state index in [1.54, 1.807) is 19.2 Å². The van der Waals surface area contributed by atoms with E-state index in [0.29, 0.717) is 5.75 Å². The van der Waals surface area contributed by atoms with E-state index in [1.807, 2.05) is 18.2 Å². The minimum absolute atomic E-state index is 0.310. The lowest BCUT2D eigenvalue weighted by atomic mass is 9.88. The summed E-state index contributed by atoms with van der Waals surface area (Å²) in [6.45, 7) is 0. The van der Waals surface area contributed by atoms with Crippen LogP contribution in [-0.2, 0) is 6.42 Å². The Kier molecular flexibility index (Phi) is 3.00. The van der Waals surface area contributed by atoms with Crippen molar-refractivity contribution in [1.82, 2.24) is 0 Å². The minimum atomic E-state index is 0.310. The Balaban J connectivity index is 1.97. The zero-order valence-corrected chi connectivity index (χ0v) is 10.9. The molecule has 0 amide bonds. The van der Waals surface area contributed by atoms with Gasteiger partial charge >= 0.3 is 0 Å². The molecule has 96 valence electrons. The lowest BCUT2D eigenvalue weighted by molar-refractivity contribution is 0.414. The monoisotopic (exact) mass is 252 g/mol. The predicted octanol–water partition coefficient (Wildman–Crippen LogP) is 3.89. The molecule has 2 nitrogen and oxygen atoms in total. The Morgan fingerprint density at radius 1 is 1.00 bits per heavy atom. The van der Waals surface area contributed by atoms with Crippen molar-refractivity contribution in [2.45, 2.75) is 12.8 Å². The maximum Gasteiger partial charge on any atom is 0.119 e. The molecular weight excluding hydrogens is 236 g/mol. The number of rotatable bonds is 2. The Hall–Kier alpha value is -2.22. The van der Waals surface area contributed by atoms with Gasteiger partial charge in [0.25, 0.3) is 0 Å². The van der Waals surface area contributed by atoms with Gasteiger partial charge < -0.3 is 9.84 Å². The van der Waals surface area contributed by atoms with E-state index in [0.717, 1.165) is 18.6 Å². The molecule has 19 heavy (non-hydrogen) atoms. The number of hydrogen-bond donors (Lipinski definition) is 1. The normalized spacial score (nSPS) is 13.6. The van der Waals surface area contributed by atoms with Crippen LogP contribution in [0.1, 0.15) is 23.1 Å². The molecule has 0 heterocycles. The molecule has 1 aliphatic rings. The third-order valence-corrected chi connectivity index (χ3v) is 3.58. The van der Waals surface area contributed by atoms with E-state index in [9.17, 15) is 5.11 Å². The van der Waals surface area contributed by atoms with Crippen LogP contribution in [0.3, 0.4) is 0 Å². The van der Waals surface area contributed by atoms with Gasteiger partial charge in [0.05, 0.1) is 7.11 Å². The molecule has 0 radical (unpaired) electrons. The summed E-state index contributed by atoms with van der Waals surface area (Å²) in [6.07, 6.45) is 4.27. The second-order valence-corrected chi connectivity index (χ2v) is 4.78. The number of phenolic OH excluding ortho intramolecular Hbond substituents is 1. The second-order valence-electron chi connectivity index (χ2n) is 4.78. The van der Waals surface area contributed by atoms with Crippen molar-refractivity contribution in [2.24, 2.45) is 0 Å². The molecule has 2 aromatic rings. The van der Waals surface area contributed by atoms with Crippen molar-refractivity contribution < 1.29 is 9.84 Å². The molecular formula is C17H16O2. The van der Waals surface area contributed by atoms with Gasteiger partial charge in [-0.1, -0.05) is 24.3 Å². The molecule has 0 bridgehead atoms. The topological polar surface area (TPSA) is 29.5 Å². The molecule has 0 aliphatic heterocycles. The van der Waals surface area contributed by atoms with Crippen LogP contribution in [0, 0.1) is 0 Å². The molecule has 1 N–H and O–H groups in total. The van der Waals surface area contributed by atoms with Crippen LogP contribution >= 0.6 is 0 Å². The molecule has 2 aromatic carbocycles. The molecule has 0 atom stereocenters. The van der Waals surface area contributed by atoms with E-state index in [-0.39, 0.29) is 0 Å². The second kappa shape index (κ2) is 4.81. The van der Waals surface area contributed by atoms with E-state index in [4.69, 9.17) is 4.74 Å². The molecule has 3 rings (SSSR count). The maximum atomic E-state index is 9.34.